The third-order valence-corrected chi connectivity index (χ3v) is 5.43. The predicted molar refractivity (Wildman–Crippen MR) is 111 cm³/mol. The number of benzene rings is 2. The number of amides is 2. The molecule has 0 saturated carbocycles. The highest BCUT2D eigenvalue weighted by atomic mass is 16.5. The fourth-order valence-corrected chi connectivity index (χ4v) is 3.96. The zero-order valence-corrected chi connectivity index (χ0v) is 17.2. The fraction of sp³-hybridized carbons (Fsp3) is 0.364. The normalized spacial score (nSPS) is 18.0. The number of nitrogens with zero attached hydrogens (tertiary/aromatic N) is 2. The SMILES string of the molecule is COc1cc(N2CC(C(=O)N3CCOc4ccccc43)CC2=O)cc(OC)c1OC. The Morgan fingerprint density at radius 2 is 1.77 bits per heavy atom. The van der Waals surface area contributed by atoms with Gasteiger partial charge in [0.1, 0.15) is 12.4 Å². The molecule has 2 aliphatic rings. The Hall–Kier alpha value is -3.42. The van der Waals surface area contributed by atoms with Gasteiger partial charge in [0.15, 0.2) is 11.5 Å². The van der Waals surface area contributed by atoms with Gasteiger partial charge in [0, 0.05) is 25.1 Å². The summed E-state index contributed by atoms with van der Waals surface area (Å²) in [5, 5.41) is 0. The van der Waals surface area contributed by atoms with Crippen LogP contribution in [0.1, 0.15) is 6.42 Å². The monoisotopic (exact) mass is 412 g/mol. The second-order valence-electron chi connectivity index (χ2n) is 7.09. The average Bonchev–Trinajstić information content (AvgIpc) is 3.18. The lowest BCUT2D eigenvalue weighted by Gasteiger charge is -2.31. The van der Waals surface area contributed by atoms with Gasteiger partial charge in [0.2, 0.25) is 17.6 Å². The highest BCUT2D eigenvalue weighted by molar-refractivity contribution is 6.05. The molecule has 1 atom stereocenters. The molecule has 0 spiro atoms. The van der Waals surface area contributed by atoms with Crippen molar-refractivity contribution >= 4 is 23.2 Å². The minimum Gasteiger partial charge on any atom is -0.493 e. The van der Waals surface area contributed by atoms with Gasteiger partial charge in [0.25, 0.3) is 0 Å². The van der Waals surface area contributed by atoms with E-state index in [2.05, 4.69) is 0 Å². The quantitative estimate of drug-likeness (QED) is 0.751. The van der Waals surface area contributed by atoms with Crippen molar-refractivity contribution < 1.29 is 28.5 Å². The number of fused-ring (bicyclic) bond motifs is 1. The maximum absolute atomic E-state index is 13.3. The van der Waals surface area contributed by atoms with E-state index in [-0.39, 0.29) is 24.8 Å². The van der Waals surface area contributed by atoms with Gasteiger partial charge in [-0.05, 0) is 12.1 Å². The second kappa shape index (κ2) is 8.14. The van der Waals surface area contributed by atoms with Crippen LogP contribution in [0.5, 0.6) is 23.0 Å². The van der Waals surface area contributed by atoms with E-state index in [0.29, 0.717) is 41.8 Å². The van der Waals surface area contributed by atoms with Crippen molar-refractivity contribution in [2.45, 2.75) is 6.42 Å². The summed E-state index contributed by atoms with van der Waals surface area (Å²) in [5.41, 5.74) is 1.35. The van der Waals surface area contributed by atoms with E-state index in [4.69, 9.17) is 18.9 Å². The van der Waals surface area contributed by atoms with Crippen LogP contribution in [0.4, 0.5) is 11.4 Å². The molecule has 30 heavy (non-hydrogen) atoms. The molecule has 8 heteroatoms. The van der Waals surface area contributed by atoms with Crippen molar-refractivity contribution in [1.29, 1.82) is 0 Å². The van der Waals surface area contributed by atoms with Gasteiger partial charge in [-0.25, -0.2) is 0 Å². The molecule has 1 unspecified atom stereocenters. The van der Waals surface area contributed by atoms with Gasteiger partial charge in [-0.1, -0.05) is 12.1 Å². The molecular formula is C22H24N2O6. The minimum absolute atomic E-state index is 0.0750. The summed E-state index contributed by atoms with van der Waals surface area (Å²) in [5.74, 6) is 1.41. The molecule has 0 N–H and O–H groups in total. The van der Waals surface area contributed by atoms with Crippen molar-refractivity contribution in [2.24, 2.45) is 5.92 Å². The van der Waals surface area contributed by atoms with Gasteiger partial charge in [-0.2, -0.15) is 0 Å². The van der Waals surface area contributed by atoms with Crippen molar-refractivity contribution in [3.05, 3.63) is 36.4 Å². The molecule has 4 rings (SSSR count). The highest BCUT2D eigenvalue weighted by Gasteiger charge is 2.39. The lowest BCUT2D eigenvalue weighted by Crippen LogP contribution is -2.42. The number of hydrogen-bond donors (Lipinski definition) is 0. The van der Waals surface area contributed by atoms with Crippen LogP contribution in [-0.4, -0.2) is 52.8 Å². The molecule has 2 aromatic carbocycles. The molecule has 1 saturated heterocycles. The minimum atomic E-state index is -0.442. The summed E-state index contributed by atoms with van der Waals surface area (Å²) < 4.78 is 21.8. The van der Waals surface area contributed by atoms with Crippen LogP contribution in [0.15, 0.2) is 36.4 Å². The van der Waals surface area contributed by atoms with E-state index in [1.54, 1.807) is 21.9 Å². The molecule has 2 aromatic rings. The molecule has 0 radical (unpaired) electrons. The first-order valence-electron chi connectivity index (χ1n) is 9.71. The molecule has 8 nitrogen and oxygen atoms in total. The predicted octanol–water partition coefficient (Wildman–Crippen LogP) is 2.49. The summed E-state index contributed by atoms with van der Waals surface area (Å²) in [6.07, 6.45) is 0.148. The van der Waals surface area contributed by atoms with E-state index in [1.165, 1.54) is 21.3 Å². The Kier molecular flexibility index (Phi) is 5.39. The van der Waals surface area contributed by atoms with Gasteiger partial charge >= 0.3 is 0 Å². The molecule has 0 bridgehead atoms. The lowest BCUT2D eigenvalue weighted by molar-refractivity contribution is -0.124. The number of hydrogen-bond acceptors (Lipinski definition) is 6. The van der Waals surface area contributed by atoms with Crippen LogP contribution < -0.4 is 28.7 Å². The van der Waals surface area contributed by atoms with Crippen molar-refractivity contribution in [2.75, 3.05) is 50.8 Å². The van der Waals surface area contributed by atoms with E-state index >= 15 is 0 Å². The molecular weight excluding hydrogens is 388 g/mol. The van der Waals surface area contributed by atoms with Crippen LogP contribution in [0.2, 0.25) is 0 Å². The fourth-order valence-electron chi connectivity index (χ4n) is 3.96. The molecule has 0 aromatic heterocycles. The number of rotatable bonds is 5. The van der Waals surface area contributed by atoms with Crippen LogP contribution in [0, 0.1) is 5.92 Å². The van der Waals surface area contributed by atoms with E-state index in [1.807, 2.05) is 24.3 Å². The summed E-state index contributed by atoms with van der Waals surface area (Å²) in [6, 6.07) is 10.9. The highest BCUT2D eigenvalue weighted by Crippen LogP contribution is 2.42. The number of anilines is 2. The Morgan fingerprint density at radius 3 is 2.43 bits per heavy atom. The maximum Gasteiger partial charge on any atom is 0.232 e. The van der Waals surface area contributed by atoms with E-state index < -0.39 is 5.92 Å². The topological polar surface area (TPSA) is 77.5 Å². The van der Waals surface area contributed by atoms with E-state index in [9.17, 15) is 9.59 Å². The smallest absolute Gasteiger partial charge is 0.232 e. The van der Waals surface area contributed by atoms with Crippen molar-refractivity contribution in [3.8, 4) is 23.0 Å². The third-order valence-electron chi connectivity index (χ3n) is 5.43. The number of para-hydroxylation sites is 2. The molecule has 158 valence electrons. The van der Waals surface area contributed by atoms with E-state index in [0.717, 1.165) is 5.69 Å². The van der Waals surface area contributed by atoms with Crippen molar-refractivity contribution in [3.63, 3.8) is 0 Å². The summed E-state index contributed by atoms with van der Waals surface area (Å²) >= 11 is 0. The Bertz CT molecular complexity index is 951. The van der Waals surface area contributed by atoms with Gasteiger partial charge in [0.05, 0.1) is 45.2 Å². The van der Waals surface area contributed by atoms with Gasteiger partial charge in [-0.15, -0.1) is 0 Å². The largest absolute Gasteiger partial charge is 0.493 e. The average molecular weight is 412 g/mol. The standard InChI is InChI=1S/C22H24N2O6/c1-27-18-11-15(12-19(28-2)21(18)29-3)24-13-14(10-20(24)25)22(26)23-8-9-30-17-7-5-4-6-16(17)23/h4-7,11-12,14H,8-10,13H2,1-3H3. The van der Waals surface area contributed by atoms with Crippen LogP contribution in [-0.2, 0) is 9.59 Å². The first-order chi connectivity index (χ1) is 14.6. The van der Waals surface area contributed by atoms with Gasteiger partial charge < -0.3 is 28.7 Å². The molecule has 2 aliphatic heterocycles. The summed E-state index contributed by atoms with van der Waals surface area (Å²) in [7, 11) is 4.57. The zero-order valence-electron chi connectivity index (χ0n) is 17.2. The molecule has 1 fully saturated rings. The molecule has 2 heterocycles. The first kappa shape index (κ1) is 19.9. The Labute approximate surface area is 174 Å². The Morgan fingerprint density at radius 1 is 1.07 bits per heavy atom. The zero-order chi connectivity index (χ0) is 21.3. The van der Waals surface area contributed by atoms with Gasteiger partial charge in [-0.3, -0.25) is 9.59 Å². The molecule has 0 aliphatic carbocycles. The van der Waals surface area contributed by atoms with Crippen LogP contribution in [0.25, 0.3) is 0 Å². The number of ether oxygens (including phenoxy) is 4. The Balaban J connectivity index is 1.59. The summed E-state index contributed by atoms with van der Waals surface area (Å²) in [4.78, 5) is 29.4. The van der Waals surface area contributed by atoms with Crippen LogP contribution >= 0.6 is 0 Å². The third kappa shape index (κ3) is 3.38. The van der Waals surface area contributed by atoms with Crippen LogP contribution in [0.3, 0.4) is 0 Å². The lowest BCUT2D eigenvalue weighted by atomic mass is 10.1. The number of carbonyl (C=O) groups is 2. The molecule has 2 amide bonds. The summed E-state index contributed by atoms with van der Waals surface area (Å²) in [6.45, 7) is 1.18. The van der Waals surface area contributed by atoms with Crippen molar-refractivity contribution in [1.82, 2.24) is 0 Å². The number of methoxy groups -OCH3 is 3. The first-order valence-corrected chi connectivity index (χ1v) is 9.71. The second-order valence-corrected chi connectivity index (χ2v) is 7.09. The maximum atomic E-state index is 13.3. The number of carbonyl (C=O) groups excluding carboxylic acids is 2.